The second-order valence-electron chi connectivity index (χ2n) is 5.51. The lowest BCUT2D eigenvalue weighted by atomic mass is 10.0. The maximum Gasteiger partial charge on any atom is 0.336 e. The van der Waals surface area contributed by atoms with Gasteiger partial charge in [0, 0.05) is 0 Å². The number of rotatable bonds is 13. The van der Waals surface area contributed by atoms with E-state index >= 15 is 0 Å². The van der Waals surface area contributed by atoms with Gasteiger partial charge in [0.25, 0.3) is 0 Å². The van der Waals surface area contributed by atoms with E-state index in [1.54, 1.807) is 6.08 Å². The smallest absolute Gasteiger partial charge is 0.336 e. The lowest BCUT2D eigenvalue weighted by molar-refractivity contribution is -0.139. The summed E-state index contributed by atoms with van der Waals surface area (Å²) in [5, 5.41) is 9.71. The molecule has 0 saturated carbocycles. The summed E-state index contributed by atoms with van der Waals surface area (Å²) in [4.78, 5) is 22.7. The highest BCUT2D eigenvalue weighted by Gasteiger charge is 2.22. The van der Waals surface area contributed by atoms with Gasteiger partial charge in [-0.15, -0.1) is 6.58 Å². The number of allylic oxidation sites excluding steroid dienone is 2. The number of Topliss-reactive ketones (excluding diaryl/α,β-unsaturated/α-hetero) is 1. The van der Waals surface area contributed by atoms with Gasteiger partial charge in [-0.2, -0.15) is 0 Å². The van der Waals surface area contributed by atoms with E-state index < -0.39 is 17.9 Å². The average molecular weight is 310 g/mol. The molecule has 22 heavy (non-hydrogen) atoms. The van der Waals surface area contributed by atoms with Crippen molar-refractivity contribution in [2.24, 2.45) is 0 Å². The first-order valence-electron chi connectivity index (χ1n) is 8.12. The van der Waals surface area contributed by atoms with E-state index in [-0.39, 0.29) is 5.57 Å². The highest BCUT2D eigenvalue weighted by Crippen LogP contribution is 2.13. The zero-order chi connectivity index (χ0) is 16.8. The van der Waals surface area contributed by atoms with Crippen LogP contribution in [-0.4, -0.2) is 30.1 Å². The van der Waals surface area contributed by atoms with Crippen LogP contribution in [0.1, 0.15) is 64.7 Å². The molecule has 0 saturated heterocycles. The maximum atomic E-state index is 11.5. The van der Waals surface area contributed by atoms with E-state index in [9.17, 15) is 14.7 Å². The fourth-order valence-electron chi connectivity index (χ4n) is 2.22. The Labute approximate surface area is 134 Å². The van der Waals surface area contributed by atoms with Crippen LogP contribution in [0, 0.1) is 0 Å². The number of hydrogen-bond donors (Lipinski definition) is 1. The minimum absolute atomic E-state index is 0.0550. The number of ketones is 1. The molecule has 0 aromatic heterocycles. The molecule has 0 rings (SSSR count). The topological polar surface area (TPSA) is 63.6 Å². The number of carbonyl (C=O) groups is 2. The van der Waals surface area contributed by atoms with Crippen molar-refractivity contribution < 1.29 is 19.4 Å². The lowest BCUT2D eigenvalue weighted by Crippen LogP contribution is -2.25. The molecule has 0 aliphatic rings. The normalized spacial score (nSPS) is 12.8. The van der Waals surface area contributed by atoms with Gasteiger partial charge in [0.05, 0.1) is 12.7 Å². The van der Waals surface area contributed by atoms with Gasteiger partial charge in [0.1, 0.15) is 6.10 Å². The highest BCUT2D eigenvalue weighted by molar-refractivity contribution is 5.98. The minimum Gasteiger partial charge on any atom is -0.466 e. The Morgan fingerprint density at radius 2 is 1.55 bits per heavy atom. The Morgan fingerprint density at radius 1 is 1.05 bits per heavy atom. The molecule has 0 spiro atoms. The van der Waals surface area contributed by atoms with Crippen LogP contribution in [0.25, 0.3) is 0 Å². The molecular weight excluding hydrogens is 280 g/mol. The van der Waals surface area contributed by atoms with Crippen LogP contribution >= 0.6 is 0 Å². The molecule has 0 aliphatic heterocycles. The van der Waals surface area contributed by atoms with E-state index in [4.69, 9.17) is 0 Å². The van der Waals surface area contributed by atoms with Crippen LogP contribution in [0.5, 0.6) is 0 Å². The zero-order valence-corrected chi connectivity index (χ0v) is 14.0. The van der Waals surface area contributed by atoms with E-state index in [0.717, 1.165) is 19.3 Å². The summed E-state index contributed by atoms with van der Waals surface area (Å²) in [6, 6.07) is 0. The molecule has 0 aromatic rings. The van der Waals surface area contributed by atoms with E-state index in [1.165, 1.54) is 46.1 Å². The zero-order valence-electron chi connectivity index (χ0n) is 14.0. The Balaban J connectivity index is 3.93. The number of methoxy groups -OCH3 is 1. The molecule has 0 bridgehead atoms. The molecule has 0 fully saturated rings. The van der Waals surface area contributed by atoms with Crippen LogP contribution in [0.4, 0.5) is 0 Å². The Bertz CT molecular complexity index is 371. The molecule has 0 heterocycles. The van der Waals surface area contributed by atoms with Crippen molar-refractivity contribution in [3.05, 3.63) is 24.3 Å². The van der Waals surface area contributed by atoms with Gasteiger partial charge in [-0.3, -0.25) is 4.79 Å². The van der Waals surface area contributed by atoms with Crippen LogP contribution < -0.4 is 0 Å². The predicted octanol–water partition coefficient (Wildman–Crippen LogP) is 3.73. The van der Waals surface area contributed by atoms with Crippen molar-refractivity contribution in [2.75, 3.05) is 7.11 Å². The average Bonchev–Trinajstić information content (AvgIpc) is 2.51. The molecular formula is C18H30O4. The molecule has 0 aliphatic carbocycles. The third kappa shape index (κ3) is 9.50. The largest absolute Gasteiger partial charge is 0.466 e. The lowest BCUT2D eigenvalue weighted by Gasteiger charge is -2.10. The van der Waals surface area contributed by atoms with Crippen LogP contribution in [0.3, 0.4) is 0 Å². The van der Waals surface area contributed by atoms with Gasteiger partial charge in [0.2, 0.25) is 0 Å². The number of carbonyl (C=O) groups excluding carboxylic acids is 2. The van der Waals surface area contributed by atoms with Crippen molar-refractivity contribution in [1.82, 2.24) is 0 Å². The third-order valence-corrected chi connectivity index (χ3v) is 3.58. The van der Waals surface area contributed by atoms with Gasteiger partial charge in [-0.25, -0.2) is 4.79 Å². The van der Waals surface area contributed by atoms with Gasteiger partial charge in [-0.05, 0) is 32.6 Å². The quantitative estimate of drug-likeness (QED) is 0.244. The molecule has 0 unspecified atom stereocenters. The van der Waals surface area contributed by atoms with Crippen molar-refractivity contribution in [2.45, 2.75) is 70.8 Å². The number of aliphatic hydroxyl groups excluding tert-OH is 1. The van der Waals surface area contributed by atoms with Gasteiger partial charge >= 0.3 is 5.97 Å². The van der Waals surface area contributed by atoms with Crippen LogP contribution in [0.2, 0.25) is 0 Å². The molecule has 1 atom stereocenters. The molecule has 4 heteroatoms. The number of hydrogen-bond acceptors (Lipinski definition) is 4. The molecule has 4 nitrogen and oxygen atoms in total. The molecule has 126 valence electrons. The second-order valence-corrected chi connectivity index (χ2v) is 5.51. The van der Waals surface area contributed by atoms with E-state index in [0.29, 0.717) is 6.42 Å². The molecule has 0 amide bonds. The van der Waals surface area contributed by atoms with E-state index in [1.807, 2.05) is 6.08 Å². The maximum absolute atomic E-state index is 11.5. The number of esters is 1. The van der Waals surface area contributed by atoms with Crippen molar-refractivity contribution in [1.29, 1.82) is 0 Å². The first-order valence-corrected chi connectivity index (χ1v) is 8.12. The fourth-order valence-corrected chi connectivity index (χ4v) is 2.22. The Hall–Kier alpha value is -1.42. The Morgan fingerprint density at radius 3 is 2.00 bits per heavy atom. The number of ether oxygens (including phenoxy) is 1. The summed E-state index contributed by atoms with van der Waals surface area (Å²) < 4.78 is 4.60. The van der Waals surface area contributed by atoms with Gasteiger partial charge in [-0.1, -0.05) is 44.3 Å². The molecule has 0 radical (unpaired) electrons. The molecule has 0 aromatic carbocycles. The number of unbranched alkanes of at least 4 members (excludes halogenated alkanes) is 8. The summed E-state index contributed by atoms with van der Waals surface area (Å²) in [6.07, 6.45) is 12.1. The summed E-state index contributed by atoms with van der Waals surface area (Å²) in [7, 11) is 1.25. The van der Waals surface area contributed by atoms with Crippen molar-refractivity contribution >= 4 is 11.8 Å². The van der Waals surface area contributed by atoms with Crippen LogP contribution in [0.15, 0.2) is 24.3 Å². The number of aliphatic hydroxyl groups is 1. The molecule has 1 N–H and O–H groups in total. The highest BCUT2D eigenvalue weighted by atomic mass is 16.5. The minimum atomic E-state index is -1.38. The fraction of sp³-hybridized carbons (Fsp3) is 0.667. The monoisotopic (exact) mass is 310 g/mol. The predicted molar refractivity (Wildman–Crippen MR) is 88.5 cm³/mol. The first kappa shape index (κ1) is 20.6. The second kappa shape index (κ2) is 13.3. The Kier molecular flexibility index (Phi) is 12.4. The third-order valence-electron chi connectivity index (χ3n) is 3.58. The van der Waals surface area contributed by atoms with Crippen LogP contribution in [-0.2, 0) is 14.3 Å². The van der Waals surface area contributed by atoms with Gasteiger partial charge < -0.3 is 9.84 Å². The first-order chi connectivity index (χ1) is 10.5. The standard InChI is InChI=1S/C18H30O4/c1-4-5-6-7-8-9-10-11-12-13-14-16(18(21)22-3)17(20)15(2)19/h4,14,17,20H,1,5-13H2,2-3H3/b16-14+/t17-/m0/s1. The van der Waals surface area contributed by atoms with E-state index in [2.05, 4.69) is 11.3 Å². The summed E-state index contributed by atoms with van der Waals surface area (Å²) >= 11 is 0. The van der Waals surface area contributed by atoms with Crippen molar-refractivity contribution in [3.63, 3.8) is 0 Å². The summed E-state index contributed by atoms with van der Waals surface area (Å²) in [6.45, 7) is 4.96. The summed E-state index contributed by atoms with van der Waals surface area (Å²) in [5.74, 6) is -1.08. The summed E-state index contributed by atoms with van der Waals surface area (Å²) in [5.41, 5.74) is 0.0550. The SMILES string of the molecule is C=CCCCCCCCCC/C=C(/C(=O)OC)[C@@H](O)C(C)=O. The van der Waals surface area contributed by atoms with Crippen molar-refractivity contribution in [3.8, 4) is 0 Å². The van der Waals surface area contributed by atoms with Gasteiger partial charge in [0.15, 0.2) is 5.78 Å².